The van der Waals surface area contributed by atoms with Crippen LogP contribution >= 0.6 is 23.6 Å². The summed E-state index contributed by atoms with van der Waals surface area (Å²) in [6.45, 7) is 0. The van der Waals surface area contributed by atoms with Crippen LogP contribution in [0.4, 0.5) is 5.69 Å². The fourth-order valence-corrected chi connectivity index (χ4v) is 2.15. The van der Waals surface area contributed by atoms with Gasteiger partial charge in [0.1, 0.15) is 0 Å². The van der Waals surface area contributed by atoms with E-state index in [2.05, 4.69) is 16.8 Å². The van der Waals surface area contributed by atoms with Crippen molar-refractivity contribution in [1.82, 2.24) is 0 Å². The Balaban J connectivity index is 2.21. The SMILES string of the molecule is NC(=S)Nc1ccc(-c2cccs2)cc1. The third-order valence-electron chi connectivity index (χ3n) is 1.96. The van der Waals surface area contributed by atoms with Gasteiger partial charge >= 0.3 is 0 Å². The monoisotopic (exact) mass is 234 g/mol. The Labute approximate surface area is 97.7 Å². The number of hydrogen-bond donors (Lipinski definition) is 2. The number of rotatable bonds is 2. The molecule has 1 aromatic heterocycles. The molecule has 2 nitrogen and oxygen atoms in total. The van der Waals surface area contributed by atoms with Gasteiger partial charge in [-0.2, -0.15) is 0 Å². The van der Waals surface area contributed by atoms with Gasteiger partial charge in [-0.3, -0.25) is 0 Å². The zero-order valence-corrected chi connectivity index (χ0v) is 9.57. The molecule has 76 valence electrons. The molecule has 0 fully saturated rings. The standard InChI is InChI=1S/C11H10N2S2/c12-11(14)13-9-5-3-8(4-6-9)10-2-1-7-15-10/h1-7H,(H3,12,13,14). The molecule has 0 spiro atoms. The molecule has 1 aromatic carbocycles. The Morgan fingerprint density at radius 3 is 2.47 bits per heavy atom. The molecule has 0 saturated heterocycles. The van der Waals surface area contributed by atoms with Crippen molar-refractivity contribution in [2.45, 2.75) is 0 Å². The summed E-state index contributed by atoms with van der Waals surface area (Å²) < 4.78 is 0. The van der Waals surface area contributed by atoms with Crippen molar-refractivity contribution in [3.63, 3.8) is 0 Å². The molecule has 2 aromatic rings. The Kier molecular flexibility index (Phi) is 2.99. The molecule has 2 rings (SSSR count). The van der Waals surface area contributed by atoms with Crippen LogP contribution in [0, 0.1) is 0 Å². The van der Waals surface area contributed by atoms with Gasteiger partial charge in [-0.05, 0) is 41.4 Å². The Morgan fingerprint density at radius 2 is 1.93 bits per heavy atom. The van der Waals surface area contributed by atoms with Gasteiger partial charge in [0.15, 0.2) is 5.11 Å². The first-order valence-electron chi connectivity index (χ1n) is 4.46. The number of thiocarbonyl (C=S) groups is 1. The maximum absolute atomic E-state index is 5.38. The number of nitrogens with one attached hydrogen (secondary N) is 1. The van der Waals surface area contributed by atoms with Gasteiger partial charge in [-0.15, -0.1) is 11.3 Å². The maximum atomic E-state index is 5.38. The van der Waals surface area contributed by atoms with Crippen molar-refractivity contribution in [3.05, 3.63) is 41.8 Å². The van der Waals surface area contributed by atoms with E-state index in [4.69, 9.17) is 18.0 Å². The molecule has 0 radical (unpaired) electrons. The number of anilines is 1. The summed E-state index contributed by atoms with van der Waals surface area (Å²) in [6.07, 6.45) is 0. The van der Waals surface area contributed by atoms with Gasteiger partial charge in [0.25, 0.3) is 0 Å². The minimum Gasteiger partial charge on any atom is -0.376 e. The summed E-state index contributed by atoms with van der Waals surface area (Å²) >= 11 is 6.48. The highest BCUT2D eigenvalue weighted by Crippen LogP contribution is 2.25. The first kappa shape index (κ1) is 10.1. The highest BCUT2D eigenvalue weighted by atomic mass is 32.1. The Morgan fingerprint density at radius 1 is 1.20 bits per heavy atom. The van der Waals surface area contributed by atoms with Gasteiger partial charge in [0, 0.05) is 10.6 Å². The van der Waals surface area contributed by atoms with Crippen LogP contribution in [-0.4, -0.2) is 5.11 Å². The van der Waals surface area contributed by atoms with Crippen LogP contribution < -0.4 is 11.1 Å². The lowest BCUT2D eigenvalue weighted by Crippen LogP contribution is -2.18. The molecule has 0 unspecified atom stereocenters. The Bertz CT molecular complexity index is 446. The van der Waals surface area contributed by atoms with E-state index in [-0.39, 0.29) is 0 Å². The number of benzene rings is 1. The van der Waals surface area contributed by atoms with Crippen molar-refractivity contribution >= 4 is 34.4 Å². The lowest BCUT2D eigenvalue weighted by atomic mass is 10.2. The molecule has 0 saturated carbocycles. The minimum absolute atomic E-state index is 0.291. The minimum atomic E-state index is 0.291. The molecule has 3 N–H and O–H groups in total. The molecule has 0 bridgehead atoms. The van der Waals surface area contributed by atoms with Crippen LogP contribution in [-0.2, 0) is 0 Å². The van der Waals surface area contributed by atoms with Crippen molar-refractivity contribution in [2.24, 2.45) is 5.73 Å². The van der Waals surface area contributed by atoms with E-state index in [0.717, 1.165) is 5.69 Å². The van der Waals surface area contributed by atoms with Crippen molar-refractivity contribution in [1.29, 1.82) is 0 Å². The van der Waals surface area contributed by atoms with E-state index in [1.165, 1.54) is 10.4 Å². The van der Waals surface area contributed by atoms with Gasteiger partial charge in [-0.25, -0.2) is 0 Å². The normalized spacial score (nSPS) is 9.87. The molecule has 15 heavy (non-hydrogen) atoms. The van der Waals surface area contributed by atoms with E-state index >= 15 is 0 Å². The summed E-state index contributed by atoms with van der Waals surface area (Å²) in [6, 6.07) is 12.2. The third kappa shape index (κ3) is 2.55. The summed E-state index contributed by atoms with van der Waals surface area (Å²) in [4.78, 5) is 1.26. The summed E-state index contributed by atoms with van der Waals surface area (Å²) in [7, 11) is 0. The first-order valence-corrected chi connectivity index (χ1v) is 5.75. The average Bonchev–Trinajstić information content (AvgIpc) is 2.71. The van der Waals surface area contributed by atoms with Gasteiger partial charge in [0.05, 0.1) is 0 Å². The smallest absolute Gasteiger partial charge is 0.168 e. The van der Waals surface area contributed by atoms with Gasteiger partial charge < -0.3 is 11.1 Å². The maximum Gasteiger partial charge on any atom is 0.168 e. The number of thiophene rings is 1. The molecule has 0 aliphatic rings. The quantitative estimate of drug-likeness (QED) is 0.784. The largest absolute Gasteiger partial charge is 0.376 e. The van der Waals surface area contributed by atoms with E-state index in [1.807, 2.05) is 30.3 Å². The van der Waals surface area contributed by atoms with Crippen molar-refractivity contribution in [2.75, 3.05) is 5.32 Å². The summed E-state index contributed by atoms with van der Waals surface area (Å²) in [5.74, 6) is 0. The molecule has 0 aliphatic heterocycles. The van der Waals surface area contributed by atoms with Crippen LogP contribution in [0.1, 0.15) is 0 Å². The lowest BCUT2D eigenvalue weighted by molar-refractivity contribution is 1.61. The molecule has 0 atom stereocenters. The van der Waals surface area contributed by atoms with Crippen molar-refractivity contribution < 1.29 is 0 Å². The predicted octanol–water partition coefficient (Wildman–Crippen LogP) is 3.07. The van der Waals surface area contributed by atoms with Crippen LogP contribution in [0.15, 0.2) is 41.8 Å². The number of nitrogens with two attached hydrogens (primary N) is 1. The van der Waals surface area contributed by atoms with Crippen LogP contribution in [0.3, 0.4) is 0 Å². The zero-order valence-electron chi connectivity index (χ0n) is 7.94. The average molecular weight is 234 g/mol. The molecule has 4 heteroatoms. The molecular weight excluding hydrogens is 224 g/mol. The fourth-order valence-electron chi connectivity index (χ4n) is 1.30. The first-order chi connectivity index (χ1) is 7.25. The topological polar surface area (TPSA) is 38.0 Å². The van der Waals surface area contributed by atoms with Crippen molar-refractivity contribution in [3.8, 4) is 10.4 Å². The fraction of sp³-hybridized carbons (Fsp3) is 0. The zero-order chi connectivity index (χ0) is 10.7. The molecular formula is C11H10N2S2. The molecule has 0 amide bonds. The van der Waals surface area contributed by atoms with E-state index in [9.17, 15) is 0 Å². The second kappa shape index (κ2) is 4.42. The molecule has 1 heterocycles. The predicted molar refractivity (Wildman–Crippen MR) is 70.2 cm³/mol. The van der Waals surface area contributed by atoms with Crippen LogP contribution in [0.2, 0.25) is 0 Å². The van der Waals surface area contributed by atoms with Gasteiger partial charge in [-0.1, -0.05) is 18.2 Å². The van der Waals surface area contributed by atoms with Gasteiger partial charge in [0.2, 0.25) is 0 Å². The second-order valence-electron chi connectivity index (χ2n) is 3.04. The second-order valence-corrected chi connectivity index (χ2v) is 4.43. The highest BCUT2D eigenvalue weighted by Gasteiger charge is 1.98. The summed E-state index contributed by atoms with van der Waals surface area (Å²) in [5, 5.41) is 5.25. The lowest BCUT2D eigenvalue weighted by Gasteiger charge is -2.04. The highest BCUT2D eigenvalue weighted by molar-refractivity contribution is 7.80. The summed E-state index contributed by atoms with van der Waals surface area (Å²) in [5.41, 5.74) is 7.51. The third-order valence-corrected chi connectivity index (χ3v) is 2.98. The van der Waals surface area contributed by atoms with E-state index in [0.29, 0.717) is 5.11 Å². The Hall–Kier alpha value is -1.39. The van der Waals surface area contributed by atoms with E-state index < -0.39 is 0 Å². The van der Waals surface area contributed by atoms with Crippen LogP contribution in [0.5, 0.6) is 0 Å². The number of hydrogen-bond acceptors (Lipinski definition) is 2. The van der Waals surface area contributed by atoms with Crippen LogP contribution in [0.25, 0.3) is 10.4 Å². The molecule has 0 aliphatic carbocycles. The van der Waals surface area contributed by atoms with E-state index in [1.54, 1.807) is 11.3 Å².